The van der Waals surface area contributed by atoms with Gasteiger partial charge in [0, 0.05) is 6.42 Å². The van der Waals surface area contributed by atoms with Gasteiger partial charge in [0.25, 0.3) is 0 Å². The molecule has 0 saturated carbocycles. The first-order chi connectivity index (χ1) is 46.6. The van der Waals surface area contributed by atoms with Crippen LogP contribution in [0.25, 0.3) is 0 Å². The van der Waals surface area contributed by atoms with Gasteiger partial charge in [0.1, 0.15) is 48.8 Å². The highest BCUT2D eigenvalue weighted by Crippen LogP contribution is 2.30. The number of aliphatic hydroxyl groups excluding tert-OH is 8. The minimum atomic E-state index is -1.79. The van der Waals surface area contributed by atoms with Gasteiger partial charge in [-0.25, -0.2) is 0 Å². The van der Waals surface area contributed by atoms with Gasteiger partial charge in [0.05, 0.1) is 32.0 Å². The number of rotatable bonds is 66. The third-order valence-corrected chi connectivity index (χ3v) is 19.1. The fourth-order valence-corrected chi connectivity index (χ4v) is 12.9. The zero-order valence-electron chi connectivity index (χ0n) is 60.7. The van der Waals surface area contributed by atoms with Gasteiger partial charge in [-0.15, -0.1) is 0 Å². The van der Waals surface area contributed by atoms with Crippen LogP contribution in [0.15, 0.2) is 72.9 Å². The molecule has 0 aromatic carbocycles. The summed E-state index contributed by atoms with van der Waals surface area (Å²) >= 11 is 0. The second-order valence-electron chi connectivity index (χ2n) is 27.8. The molecule has 1 amide bonds. The van der Waals surface area contributed by atoms with E-state index in [1.165, 1.54) is 244 Å². The SMILES string of the molecule is CC/C=C\C/C=C\C/C=C\C/C=C\C/C=C\CCCCCCCCCCCCCCCCCCCCCCCCCC(=O)NC(COC1OC(CO)C(OC2OC(CO)C(O)C(O)C2O)C(O)C1O)C(O)/C=C/CCCCCCCCCCCCCCCCCCCCCC. The maximum absolute atomic E-state index is 13.4. The van der Waals surface area contributed by atoms with Crippen LogP contribution < -0.4 is 5.32 Å². The molecule has 14 nitrogen and oxygen atoms in total. The van der Waals surface area contributed by atoms with Gasteiger partial charge >= 0.3 is 0 Å². The van der Waals surface area contributed by atoms with Crippen molar-refractivity contribution in [3.8, 4) is 0 Å². The van der Waals surface area contributed by atoms with E-state index in [4.69, 9.17) is 18.9 Å². The molecule has 0 aliphatic carbocycles. The third kappa shape index (κ3) is 48.0. The number of unbranched alkanes of at least 4 members (excludes halogenated alkanes) is 43. The molecule has 9 N–H and O–H groups in total. The zero-order valence-corrected chi connectivity index (χ0v) is 60.7. The first-order valence-electron chi connectivity index (χ1n) is 39.7. The van der Waals surface area contributed by atoms with E-state index in [-0.39, 0.29) is 18.9 Å². The van der Waals surface area contributed by atoms with Crippen LogP contribution in [0, 0.1) is 0 Å². The summed E-state index contributed by atoms with van der Waals surface area (Å²) in [6.07, 6.45) is 72.7. The molecule has 12 unspecified atom stereocenters. The number of nitrogens with one attached hydrogen (secondary N) is 1. The van der Waals surface area contributed by atoms with Gasteiger partial charge in [-0.05, 0) is 64.2 Å². The Morgan fingerprint density at radius 1 is 0.389 bits per heavy atom. The topological polar surface area (TPSA) is 228 Å². The summed E-state index contributed by atoms with van der Waals surface area (Å²) in [5, 5.41) is 87.6. The van der Waals surface area contributed by atoms with E-state index < -0.39 is 86.8 Å². The molecule has 0 radical (unpaired) electrons. The molecule has 2 aliphatic rings. The summed E-state index contributed by atoms with van der Waals surface area (Å²) in [7, 11) is 0. The van der Waals surface area contributed by atoms with Gasteiger partial charge in [0.15, 0.2) is 12.6 Å². The monoisotopic (exact) mass is 1340 g/mol. The second-order valence-corrected chi connectivity index (χ2v) is 27.8. The highest BCUT2D eigenvalue weighted by molar-refractivity contribution is 5.76. The van der Waals surface area contributed by atoms with Crippen molar-refractivity contribution in [2.75, 3.05) is 19.8 Å². The van der Waals surface area contributed by atoms with Crippen molar-refractivity contribution in [2.24, 2.45) is 0 Å². The average Bonchev–Trinajstić information content (AvgIpc) is 0.801. The van der Waals surface area contributed by atoms with E-state index in [0.717, 1.165) is 70.6 Å². The highest BCUT2D eigenvalue weighted by Gasteiger charge is 2.51. The quantitative estimate of drug-likeness (QED) is 0.0204. The van der Waals surface area contributed by atoms with E-state index in [1.54, 1.807) is 6.08 Å². The van der Waals surface area contributed by atoms with Crippen molar-refractivity contribution in [2.45, 2.75) is 415 Å². The largest absolute Gasteiger partial charge is 0.394 e. The number of aliphatic hydroxyl groups is 8. The van der Waals surface area contributed by atoms with Gasteiger partial charge in [-0.2, -0.15) is 0 Å². The van der Waals surface area contributed by atoms with Gasteiger partial charge in [-0.3, -0.25) is 4.79 Å². The third-order valence-electron chi connectivity index (χ3n) is 19.1. The van der Waals surface area contributed by atoms with Crippen LogP contribution in [0.1, 0.15) is 341 Å². The molecule has 2 heterocycles. The Bertz CT molecular complexity index is 1870. The molecule has 95 heavy (non-hydrogen) atoms. The maximum Gasteiger partial charge on any atom is 0.220 e. The molecule has 2 fully saturated rings. The summed E-state index contributed by atoms with van der Waals surface area (Å²) in [5.74, 6) is -0.233. The minimum Gasteiger partial charge on any atom is -0.394 e. The molecule has 0 aromatic rings. The van der Waals surface area contributed by atoms with Crippen LogP contribution in [0.4, 0.5) is 0 Å². The Morgan fingerprint density at radius 2 is 0.726 bits per heavy atom. The van der Waals surface area contributed by atoms with Gasteiger partial charge in [-0.1, -0.05) is 344 Å². The Hall–Kier alpha value is -2.57. The summed E-state index contributed by atoms with van der Waals surface area (Å²) in [4.78, 5) is 13.4. The van der Waals surface area contributed by atoms with E-state index in [0.29, 0.717) is 6.42 Å². The van der Waals surface area contributed by atoms with E-state index >= 15 is 0 Å². The zero-order chi connectivity index (χ0) is 68.7. The molecule has 2 saturated heterocycles. The van der Waals surface area contributed by atoms with Crippen molar-refractivity contribution >= 4 is 5.91 Å². The first-order valence-corrected chi connectivity index (χ1v) is 39.7. The van der Waals surface area contributed by atoms with Crippen molar-refractivity contribution in [3.63, 3.8) is 0 Å². The lowest BCUT2D eigenvalue weighted by Gasteiger charge is -2.46. The predicted molar refractivity (Wildman–Crippen MR) is 392 cm³/mol. The van der Waals surface area contributed by atoms with E-state index in [9.17, 15) is 45.6 Å². The lowest BCUT2D eigenvalue weighted by molar-refractivity contribution is -0.359. The van der Waals surface area contributed by atoms with Crippen LogP contribution >= 0.6 is 0 Å². The summed E-state index contributed by atoms with van der Waals surface area (Å²) in [5.41, 5.74) is 0. The molecule has 12 atom stereocenters. The Kier molecular flexibility index (Phi) is 60.4. The highest BCUT2D eigenvalue weighted by atomic mass is 16.7. The number of hydrogen-bond acceptors (Lipinski definition) is 13. The summed E-state index contributed by atoms with van der Waals surface area (Å²) in [6, 6.07) is -0.916. The smallest absolute Gasteiger partial charge is 0.220 e. The summed E-state index contributed by atoms with van der Waals surface area (Å²) < 4.78 is 22.9. The maximum atomic E-state index is 13.4. The molecular weight excluding hydrogens is 1190 g/mol. The van der Waals surface area contributed by atoms with Crippen molar-refractivity contribution in [1.29, 1.82) is 0 Å². The standard InChI is InChI=1S/C81H147NO13/c1-3-5-7-9-11-13-15-17-19-21-23-25-27-28-29-30-31-32-33-34-35-36-37-38-39-40-41-42-43-45-47-49-51-53-55-57-59-61-63-65-73(86)82-69(68-92-80-78(91)76(89)79(72(67-84)94-80)95-81-77(90)75(88)74(87)71(66-83)93-81)70(85)64-62-60-58-56-54-52-50-48-46-44-26-24-22-20-18-16-14-12-10-8-6-4-2/h5,7,11,13,17,19,23,25,28-29,62,64,69-72,74-81,83-85,87-91H,3-4,6,8-10,12,14-16,18,20-22,24,26-27,30-61,63,65-68H2,1-2H3,(H,82,86)/b7-5-,13-11-,19-17-,25-23-,29-28-,64-62+. The number of allylic oxidation sites excluding steroid dienone is 11. The minimum absolute atomic E-state index is 0.233. The van der Waals surface area contributed by atoms with Crippen LogP contribution in [0.5, 0.6) is 0 Å². The van der Waals surface area contributed by atoms with Crippen LogP contribution in [-0.4, -0.2) is 140 Å². The van der Waals surface area contributed by atoms with Crippen molar-refractivity contribution in [1.82, 2.24) is 5.32 Å². The molecule has 0 bridgehead atoms. The normalized spacial score (nSPS) is 22.7. The Morgan fingerprint density at radius 3 is 1.12 bits per heavy atom. The first kappa shape index (κ1) is 88.5. The number of hydrogen-bond donors (Lipinski definition) is 9. The van der Waals surface area contributed by atoms with E-state index in [2.05, 4.69) is 79.9 Å². The van der Waals surface area contributed by atoms with Crippen molar-refractivity contribution < 1.29 is 64.6 Å². The molecule has 2 aliphatic heterocycles. The predicted octanol–water partition coefficient (Wildman–Crippen LogP) is 17.7. The molecule has 554 valence electrons. The van der Waals surface area contributed by atoms with Crippen LogP contribution in [0.2, 0.25) is 0 Å². The molecule has 2 rings (SSSR count). The number of carbonyl (C=O) groups is 1. The number of ether oxygens (including phenoxy) is 4. The Labute approximate surface area is 580 Å². The van der Waals surface area contributed by atoms with Crippen molar-refractivity contribution in [3.05, 3.63) is 72.9 Å². The molecule has 14 heteroatoms. The number of carbonyl (C=O) groups excluding carboxylic acids is 1. The van der Waals surface area contributed by atoms with Gasteiger partial charge < -0.3 is 65.1 Å². The molecule has 0 aromatic heterocycles. The fourth-order valence-electron chi connectivity index (χ4n) is 12.9. The lowest BCUT2D eigenvalue weighted by atomic mass is 9.97. The fraction of sp³-hybridized carbons (Fsp3) is 0.840. The second kappa shape index (κ2) is 64.8. The van der Waals surface area contributed by atoms with Crippen LogP contribution in [0.3, 0.4) is 0 Å². The van der Waals surface area contributed by atoms with E-state index in [1.807, 2.05) is 6.08 Å². The Balaban J connectivity index is 1.58. The summed E-state index contributed by atoms with van der Waals surface area (Å²) in [6.45, 7) is 2.73. The lowest BCUT2D eigenvalue weighted by Crippen LogP contribution is -2.65. The number of amides is 1. The van der Waals surface area contributed by atoms with Crippen LogP contribution in [-0.2, 0) is 23.7 Å². The molecular formula is C81H147NO13. The molecule has 0 spiro atoms. The average molecular weight is 1340 g/mol. The van der Waals surface area contributed by atoms with Gasteiger partial charge in [0.2, 0.25) is 5.91 Å².